The maximum Gasteiger partial charge on any atom is 0.269 e. The normalized spacial score (nSPS) is 11.8. The van der Waals surface area contributed by atoms with Crippen molar-refractivity contribution >= 4 is 34.8 Å². The molecule has 1 atom stereocenters. The molecular formula is C21H25ClN4O4. The van der Waals surface area contributed by atoms with E-state index in [1.165, 1.54) is 18.2 Å². The van der Waals surface area contributed by atoms with Gasteiger partial charge in [-0.3, -0.25) is 24.6 Å². The minimum absolute atomic E-state index is 0.0666. The van der Waals surface area contributed by atoms with E-state index < -0.39 is 11.0 Å². The van der Waals surface area contributed by atoms with E-state index in [1.807, 2.05) is 32.0 Å². The number of amides is 2. The highest BCUT2D eigenvalue weighted by Crippen LogP contribution is 2.23. The molecule has 0 aliphatic heterocycles. The fraction of sp³-hybridized carbons (Fsp3) is 0.333. The zero-order valence-electron chi connectivity index (χ0n) is 17.4. The number of hydrogen-bond donors (Lipinski definition) is 2. The van der Waals surface area contributed by atoms with Crippen molar-refractivity contribution < 1.29 is 14.5 Å². The van der Waals surface area contributed by atoms with E-state index in [1.54, 1.807) is 18.9 Å². The number of aryl methyl sites for hydroxylation is 2. The number of nitrogens with zero attached hydrogens (tertiary/aromatic N) is 2. The van der Waals surface area contributed by atoms with Gasteiger partial charge < -0.3 is 10.6 Å². The molecule has 0 saturated carbocycles. The SMILES string of the molecule is Cc1cccc(C)c1NC(=O)CNC(=O)C(C)N(C)Cc1cc([N+](=O)[O-])ccc1Cl. The lowest BCUT2D eigenvalue weighted by atomic mass is 10.1. The van der Waals surface area contributed by atoms with Gasteiger partial charge in [0.2, 0.25) is 11.8 Å². The Morgan fingerprint density at radius 3 is 2.43 bits per heavy atom. The second kappa shape index (κ2) is 10.2. The summed E-state index contributed by atoms with van der Waals surface area (Å²) < 4.78 is 0. The number of nitro groups is 1. The maximum absolute atomic E-state index is 12.5. The molecular weight excluding hydrogens is 408 g/mol. The van der Waals surface area contributed by atoms with Gasteiger partial charge in [0.05, 0.1) is 17.5 Å². The molecule has 2 rings (SSSR count). The van der Waals surface area contributed by atoms with Crippen LogP contribution in [0.2, 0.25) is 5.02 Å². The van der Waals surface area contributed by atoms with Gasteiger partial charge in [0.1, 0.15) is 0 Å². The quantitative estimate of drug-likeness (QED) is 0.491. The van der Waals surface area contributed by atoms with E-state index in [4.69, 9.17) is 11.6 Å². The van der Waals surface area contributed by atoms with Gasteiger partial charge in [-0.05, 0) is 50.6 Å². The van der Waals surface area contributed by atoms with E-state index >= 15 is 0 Å². The number of rotatable bonds is 8. The van der Waals surface area contributed by atoms with Gasteiger partial charge in [-0.2, -0.15) is 0 Å². The number of carbonyl (C=O) groups excluding carboxylic acids is 2. The molecule has 0 spiro atoms. The third-order valence-electron chi connectivity index (χ3n) is 4.87. The Morgan fingerprint density at radius 2 is 1.83 bits per heavy atom. The van der Waals surface area contributed by atoms with Gasteiger partial charge in [-0.1, -0.05) is 29.8 Å². The number of halogens is 1. The Hall–Kier alpha value is -2.97. The number of nitro benzene ring substituents is 1. The molecule has 0 saturated heterocycles. The fourth-order valence-corrected chi connectivity index (χ4v) is 3.09. The summed E-state index contributed by atoms with van der Waals surface area (Å²) in [5.74, 6) is -0.659. The van der Waals surface area contributed by atoms with Crippen LogP contribution in [0.1, 0.15) is 23.6 Å². The monoisotopic (exact) mass is 432 g/mol. The molecule has 1 unspecified atom stereocenters. The lowest BCUT2D eigenvalue weighted by molar-refractivity contribution is -0.384. The third kappa shape index (κ3) is 6.01. The van der Waals surface area contributed by atoms with Crippen molar-refractivity contribution in [3.05, 3.63) is 68.2 Å². The molecule has 9 heteroatoms. The number of carbonyl (C=O) groups is 2. The van der Waals surface area contributed by atoms with Crippen LogP contribution in [-0.4, -0.2) is 41.3 Å². The van der Waals surface area contributed by atoms with Crippen molar-refractivity contribution in [2.24, 2.45) is 0 Å². The van der Waals surface area contributed by atoms with E-state index in [-0.39, 0.29) is 30.6 Å². The van der Waals surface area contributed by atoms with Crippen LogP contribution in [0.5, 0.6) is 0 Å². The Labute approximate surface area is 180 Å². The number of anilines is 1. The van der Waals surface area contributed by atoms with Gasteiger partial charge in [0.15, 0.2) is 0 Å². The summed E-state index contributed by atoms with van der Waals surface area (Å²) in [4.78, 5) is 36.8. The van der Waals surface area contributed by atoms with E-state index in [0.29, 0.717) is 10.6 Å². The molecule has 2 amide bonds. The van der Waals surface area contributed by atoms with Crippen molar-refractivity contribution in [2.45, 2.75) is 33.4 Å². The largest absolute Gasteiger partial charge is 0.346 e. The highest BCUT2D eigenvalue weighted by molar-refractivity contribution is 6.31. The van der Waals surface area contributed by atoms with Crippen LogP contribution in [0.4, 0.5) is 11.4 Å². The van der Waals surface area contributed by atoms with Crippen LogP contribution in [0.15, 0.2) is 36.4 Å². The third-order valence-corrected chi connectivity index (χ3v) is 5.24. The molecule has 0 radical (unpaired) electrons. The van der Waals surface area contributed by atoms with Crippen LogP contribution < -0.4 is 10.6 Å². The van der Waals surface area contributed by atoms with Gasteiger partial charge >= 0.3 is 0 Å². The lowest BCUT2D eigenvalue weighted by Crippen LogP contribution is -2.45. The predicted molar refractivity (Wildman–Crippen MR) is 117 cm³/mol. The number of hydrogen-bond acceptors (Lipinski definition) is 5. The second-order valence-electron chi connectivity index (χ2n) is 7.16. The molecule has 0 aliphatic carbocycles. The Bertz CT molecular complexity index is 944. The van der Waals surface area contributed by atoms with Crippen molar-refractivity contribution in [3.8, 4) is 0 Å². The maximum atomic E-state index is 12.5. The first-order valence-electron chi connectivity index (χ1n) is 9.37. The number of nitrogens with one attached hydrogen (secondary N) is 2. The molecule has 2 aromatic carbocycles. The smallest absolute Gasteiger partial charge is 0.269 e. The molecule has 0 bridgehead atoms. The molecule has 0 heterocycles. The first-order chi connectivity index (χ1) is 14.1. The van der Waals surface area contributed by atoms with E-state index in [2.05, 4.69) is 10.6 Å². The summed E-state index contributed by atoms with van der Waals surface area (Å²) in [6.45, 7) is 5.56. The standard InChI is InChI=1S/C21H25ClN4O4/c1-13-6-5-7-14(2)20(13)24-19(27)11-23-21(28)15(3)25(4)12-16-10-17(26(29)30)8-9-18(16)22/h5-10,15H,11-12H2,1-4H3,(H,23,28)(H,24,27). The first-order valence-corrected chi connectivity index (χ1v) is 9.74. The number of likely N-dealkylation sites (N-methyl/N-ethyl adjacent to an activating group) is 1. The lowest BCUT2D eigenvalue weighted by Gasteiger charge is -2.24. The van der Waals surface area contributed by atoms with Crippen LogP contribution >= 0.6 is 11.6 Å². The van der Waals surface area contributed by atoms with Crippen LogP contribution in [0.25, 0.3) is 0 Å². The summed E-state index contributed by atoms with van der Waals surface area (Å²) in [5.41, 5.74) is 3.10. The van der Waals surface area contributed by atoms with Crippen molar-refractivity contribution in [2.75, 3.05) is 18.9 Å². The molecule has 0 fully saturated rings. The fourth-order valence-electron chi connectivity index (χ4n) is 2.91. The number of benzene rings is 2. The minimum atomic E-state index is -0.576. The average molecular weight is 433 g/mol. The van der Waals surface area contributed by atoms with E-state index in [9.17, 15) is 19.7 Å². The van der Waals surface area contributed by atoms with Crippen molar-refractivity contribution in [3.63, 3.8) is 0 Å². The molecule has 2 N–H and O–H groups in total. The number of para-hydroxylation sites is 1. The van der Waals surface area contributed by atoms with Gasteiger partial charge in [-0.15, -0.1) is 0 Å². The van der Waals surface area contributed by atoms with Crippen LogP contribution in [0, 0.1) is 24.0 Å². The van der Waals surface area contributed by atoms with E-state index in [0.717, 1.165) is 16.8 Å². The Balaban J connectivity index is 1.93. The molecule has 0 aliphatic rings. The zero-order valence-corrected chi connectivity index (χ0v) is 18.1. The van der Waals surface area contributed by atoms with Crippen LogP contribution in [0.3, 0.4) is 0 Å². The zero-order chi connectivity index (χ0) is 22.4. The Morgan fingerprint density at radius 1 is 1.20 bits per heavy atom. The minimum Gasteiger partial charge on any atom is -0.346 e. The molecule has 30 heavy (non-hydrogen) atoms. The molecule has 2 aromatic rings. The summed E-state index contributed by atoms with van der Waals surface area (Å²) in [7, 11) is 1.70. The molecule has 8 nitrogen and oxygen atoms in total. The highest BCUT2D eigenvalue weighted by Gasteiger charge is 2.21. The van der Waals surface area contributed by atoms with Gasteiger partial charge in [0.25, 0.3) is 5.69 Å². The first kappa shape index (κ1) is 23.3. The summed E-state index contributed by atoms with van der Waals surface area (Å²) in [5, 5.41) is 16.8. The molecule has 0 aromatic heterocycles. The van der Waals surface area contributed by atoms with Gasteiger partial charge in [0, 0.05) is 29.4 Å². The van der Waals surface area contributed by atoms with Crippen molar-refractivity contribution in [1.29, 1.82) is 0 Å². The Kier molecular flexibility index (Phi) is 7.91. The predicted octanol–water partition coefficient (Wildman–Crippen LogP) is 3.44. The summed E-state index contributed by atoms with van der Waals surface area (Å²) >= 11 is 6.13. The molecule has 160 valence electrons. The highest BCUT2D eigenvalue weighted by atomic mass is 35.5. The van der Waals surface area contributed by atoms with Crippen LogP contribution in [-0.2, 0) is 16.1 Å². The number of non-ortho nitro benzene ring substituents is 1. The van der Waals surface area contributed by atoms with Crippen molar-refractivity contribution in [1.82, 2.24) is 10.2 Å². The van der Waals surface area contributed by atoms with Gasteiger partial charge in [-0.25, -0.2) is 0 Å². The average Bonchev–Trinajstić information content (AvgIpc) is 2.69. The summed E-state index contributed by atoms with van der Waals surface area (Å²) in [6.07, 6.45) is 0. The second-order valence-corrected chi connectivity index (χ2v) is 7.56. The summed E-state index contributed by atoms with van der Waals surface area (Å²) in [6, 6.07) is 9.32. The topological polar surface area (TPSA) is 105 Å².